The van der Waals surface area contributed by atoms with E-state index in [4.69, 9.17) is 5.11 Å². The van der Waals surface area contributed by atoms with Crippen LogP contribution in [0, 0.1) is 24.7 Å². The number of carbonyl (C=O) groups is 1. The molecular formula is C18H25NO2. The Bertz CT molecular complexity index is 536. The summed E-state index contributed by atoms with van der Waals surface area (Å²) in [4.78, 5) is 12.4. The van der Waals surface area contributed by atoms with Crippen LogP contribution in [0.25, 0.3) is 0 Å². The first-order chi connectivity index (χ1) is 10.0. The zero-order chi connectivity index (χ0) is 15.8. The summed E-state index contributed by atoms with van der Waals surface area (Å²) >= 11 is 0. The summed E-state index contributed by atoms with van der Waals surface area (Å²) < 4.78 is 0. The lowest BCUT2D eigenvalue weighted by Gasteiger charge is -2.22. The van der Waals surface area contributed by atoms with Gasteiger partial charge in [-0.3, -0.25) is 4.79 Å². The molecule has 3 nitrogen and oxygen atoms in total. The first-order valence-corrected chi connectivity index (χ1v) is 7.54. The molecule has 0 saturated carbocycles. The Labute approximate surface area is 127 Å². The summed E-state index contributed by atoms with van der Waals surface area (Å²) in [6.07, 6.45) is 2.11. The Morgan fingerprint density at radius 1 is 1.29 bits per heavy atom. The number of carbonyl (C=O) groups excluding carboxylic acids is 1. The number of hydrogen-bond acceptors (Lipinski definition) is 2. The van der Waals surface area contributed by atoms with Crippen molar-refractivity contribution in [2.24, 2.45) is 5.92 Å². The molecule has 1 unspecified atom stereocenters. The molecule has 0 aliphatic heterocycles. The molecule has 21 heavy (non-hydrogen) atoms. The van der Waals surface area contributed by atoms with Crippen molar-refractivity contribution in [3.05, 3.63) is 34.9 Å². The number of amides is 1. The van der Waals surface area contributed by atoms with Gasteiger partial charge < -0.3 is 10.4 Å². The topological polar surface area (TPSA) is 49.3 Å². The van der Waals surface area contributed by atoms with Gasteiger partial charge in [-0.15, -0.1) is 0 Å². The van der Waals surface area contributed by atoms with Crippen LogP contribution in [0.2, 0.25) is 0 Å². The van der Waals surface area contributed by atoms with E-state index in [1.54, 1.807) is 6.07 Å². The number of rotatable bonds is 5. The molecule has 114 valence electrons. The molecule has 0 fully saturated rings. The number of hydrogen-bond donors (Lipinski definition) is 2. The minimum atomic E-state index is -0.179. The molecule has 0 aliphatic rings. The van der Waals surface area contributed by atoms with Crippen LogP contribution < -0.4 is 5.32 Å². The molecule has 0 saturated heterocycles. The Morgan fingerprint density at radius 2 is 1.95 bits per heavy atom. The molecule has 0 aromatic heterocycles. The highest BCUT2D eigenvalue weighted by atomic mass is 16.2. The van der Waals surface area contributed by atoms with E-state index in [1.165, 1.54) is 0 Å². The number of nitrogens with one attached hydrogen (secondary N) is 1. The van der Waals surface area contributed by atoms with Crippen molar-refractivity contribution in [3.63, 3.8) is 0 Å². The molecule has 1 atom stereocenters. The normalized spacial score (nSPS) is 11.7. The Hall–Kier alpha value is -1.79. The zero-order valence-electron chi connectivity index (χ0n) is 13.4. The first kappa shape index (κ1) is 17.3. The third-order valence-electron chi connectivity index (χ3n) is 3.77. The summed E-state index contributed by atoms with van der Waals surface area (Å²) in [7, 11) is 0. The fourth-order valence-electron chi connectivity index (χ4n) is 2.53. The van der Waals surface area contributed by atoms with Crippen LogP contribution in [-0.2, 0) is 0 Å². The van der Waals surface area contributed by atoms with Crippen LogP contribution in [0.15, 0.2) is 18.2 Å². The van der Waals surface area contributed by atoms with Crippen molar-refractivity contribution in [3.8, 4) is 11.8 Å². The first-order valence-electron chi connectivity index (χ1n) is 7.54. The van der Waals surface area contributed by atoms with Gasteiger partial charge in [-0.25, -0.2) is 0 Å². The fraction of sp³-hybridized carbons (Fsp3) is 0.500. The summed E-state index contributed by atoms with van der Waals surface area (Å²) in [6, 6.07) is 5.69. The lowest BCUT2D eigenvalue weighted by atomic mass is 9.95. The quantitative estimate of drug-likeness (QED) is 0.818. The van der Waals surface area contributed by atoms with Crippen molar-refractivity contribution in [1.82, 2.24) is 5.32 Å². The summed E-state index contributed by atoms with van der Waals surface area (Å²) in [5.41, 5.74) is 2.36. The standard InChI is InChI=1S/C18H25NO2/c1-5-16(6-2)14(4)19-18(21)17-11-13(3)10-15(12-17)8-7-9-20/h10-12,14,16,20H,5-6,9H2,1-4H3,(H,19,21). The van der Waals surface area contributed by atoms with Gasteiger partial charge in [-0.1, -0.05) is 38.5 Å². The minimum absolute atomic E-state index is 0.0647. The number of aryl methyl sites for hydroxylation is 1. The van der Waals surface area contributed by atoms with Gasteiger partial charge >= 0.3 is 0 Å². The lowest BCUT2D eigenvalue weighted by Crippen LogP contribution is -2.37. The molecule has 0 heterocycles. The van der Waals surface area contributed by atoms with Gasteiger partial charge in [0.05, 0.1) is 0 Å². The molecule has 2 N–H and O–H groups in total. The van der Waals surface area contributed by atoms with E-state index in [1.807, 2.05) is 19.1 Å². The van der Waals surface area contributed by atoms with E-state index in [2.05, 4.69) is 37.9 Å². The zero-order valence-corrected chi connectivity index (χ0v) is 13.4. The molecule has 0 spiro atoms. The Morgan fingerprint density at radius 3 is 2.52 bits per heavy atom. The van der Waals surface area contributed by atoms with Crippen molar-refractivity contribution < 1.29 is 9.90 Å². The average molecular weight is 287 g/mol. The van der Waals surface area contributed by atoms with E-state index in [9.17, 15) is 4.79 Å². The maximum absolute atomic E-state index is 12.4. The van der Waals surface area contributed by atoms with E-state index in [0.29, 0.717) is 11.5 Å². The monoisotopic (exact) mass is 287 g/mol. The third-order valence-corrected chi connectivity index (χ3v) is 3.77. The highest BCUT2D eigenvalue weighted by molar-refractivity contribution is 5.95. The Balaban J connectivity index is 2.89. The van der Waals surface area contributed by atoms with E-state index < -0.39 is 0 Å². The number of benzene rings is 1. The molecular weight excluding hydrogens is 262 g/mol. The van der Waals surface area contributed by atoms with Crippen molar-refractivity contribution >= 4 is 5.91 Å². The second-order valence-electron chi connectivity index (χ2n) is 5.39. The van der Waals surface area contributed by atoms with E-state index in [-0.39, 0.29) is 18.6 Å². The van der Waals surface area contributed by atoms with Gasteiger partial charge in [-0.05, 0) is 43.5 Å². The highest BCUT2D eigenvalue weighted by Crippen LogP contribution is 2.14. The van der Waals surface area contributed by atoms with Crippen molar-refractivity contribution in [2.75, 3.05) is 6.61 Å². The molecule has 1 aromatic rings. The van der Waals surface area contributed by atoms with Crippen molar-refractivity contribution in [1.29, 1.82) is 0 Å². The van der Waals surface area contributed by atoms with Gasteiger partial charge in [0.15, 0.2) is 0 Å². The van der Waals surface area contributed by atoms with E-state index in [0.717, 1.165) is 24.0 Å². The predicted molar refractivity (Wildman–Crippen MR) is 86.1 cm³/mol. The van der Waals surface area contributed by atoms with Gasteiger partial charge in [0.25, 0.3) is 5.91 Å². The maximum atomic E-state index is 12.4. The fourth-order valence-corrected chi connectivity index (χ4v) is 2.53. The van der Waals surface area contributed by atoms with E-state index >= 15 is 0 Å². The van der Waals surface area contributed by atoms with Crippen LogP contribution in [-0.4, -0.2) is 23.7 Å². The third kappa shape index (κ3) is 5.24. The van der Waals surface area contributed by atoms with Crippen LogP contribution in [0.5, 0.6) is 0 Å². The molecule has 3 heteroatoms. The molecule has 1 rings (SSSR count). The van der Waals surface area contributed by atoms with Gasteiger partial charge in [0, 0.05) is 17.2 Å². The maximum Gasteiger partial charge on any atom is 0.251 e. The SMILES string of the molecule is CCC(CC)C(C)NC(=O)c1cc(C)cc(C#CCO)c1. The number of aliphatic hydroxyl groups excluding tert-OH is 1. The molecule has 0 bridgehead atoms. The van der Waals surface area contributed by atoms with Crippen LogP contribution in [0.1, 0.15) is 55.1 Å². The van der Waals surface area contributed by atoms with Gasteiger partial charge in [0.1, 0.15) is 6.61 Å². The average Bonchev–Trinajstić information content (AvgIpc) is 2.45. The van der Waals surface area contributed by atoms with Crippen LogP contribution in [0.4, 0.5) is 0 Å². The molecule has 0 radical (unpaired) electrons. The summed E-state index contributed by atoms with van der Waals surface area (Å²) in [5.74, 6) is 5.89. The van der Waals surface area contributed by atoms with Crippen LogP contribution >= 0.6 is 0 Å². The number of aliphatic hydroxyl groups is 1. The summed E-state index contributed by atoms with van der Waals surface area (Å²) in [6.45, 7) is 8.10. The molecule has 1 aromatic carbocycles. The van der Waals surface area contributed by atoms with Gasteiger partial charge in [-0.2, -0.15) is 0 Å². The molecule has 0 aliphatic carbocycles. The largest absolute Gasteiger partial charge is 0.384 e. The second-order valence-corrected chi connectivity index (χ2v) is 5.39. The molecule has 1 amide bonds. The second kappa shape index (κ2) is 8.49. The van der Waals surface area contributed by atoms with Crippen molar-refractivity contribution in [2.45, 2.75) is 46.6 Å². The van der Waals surface area contributed by atoms with Crippen LogP contribution in [0.3, 0.4) is 0 Å². The highest BCUT2D eigenvalue weighted by Gasteiger charge is 2.17. The smallest absolute Gasteiger partial charge is 0.251 e. The minimum Gasteiger partial charge on any atom is -0.384 e. The Kier molecular flexibility index (Phi) is 6.98. The lowest BCUT2D eigenvalue weighted by molar-refractivity contribution is 0.0925. The van der Waals surface area contributed by atoms with Gasteiger partial charge in [0.2, 0.25) is 0 Å². The predicted octanol–water partition coefficient (Wildman–Crippen LogP) is 2.89. The summed E-state index contributed by atoms with van der Waals surface area (Å²) in [5, 5.41) is 11.8.